The molecule has 0 radical (unpaired) electrons. The molecule has 6 nitrogen and oxygen atoms in total. The van der Waals surface area contributed by atoms with Crippen molar-refractivity contribution in [1.29, 1.82) is 0 Å². The quantitative estimate of drug-likeness (QED) is 0.414. The zero-order chi connectivity index (χ0) is 27.1. The minimum Gasteiger partial charge on any atom is -0.454 e. The Bertz CT molecular complexity index is 1400. The van der Waals surface area contributed by atoms with Gasteiger partial charge < -0.3 is 14.4 Å². The maximum atomic E-state index is 13.5. The second kappa shape index (κ2) is 10.2. The maximum Gasteiger partial charge on any atom is 0.253 e. The topological polar surface area (TPSA) is 59.1 Å². The van der Waals surface area contributed by atoms with Crippen LogP contribution in [0.3, 0.4) is 0 Å². The molecular formula is C33H36N2O4. The molecule has 202 valence electrons. The van der Waals surface area contributed by atoms with Gasteiger partial charge in [0, 0.05) is 44.2 Å². The Kier molecular flexibility index (Phi) is 6.67. The molecule has 1 amide bonds. The van der Waals surface area contributed by atoms with Gasteiger partial charge in [0.2, 0.25) is 6.79 Å². The van der Waals surface area contributed by atoms with Gasteiger partial charge in [0.25, 0.3) is 5.91 Å². The molecule has 1 saturated heterocycles. The Balaban J connectivity index is 1.15. The number of ketones is 1. The summed E-state index contributed by atoms with van der Waals surface area (Å²) in [6.07, 6.45) is 2.12. The van der Waals surface area contributed by atoms with Gasteiger partial charge in [-0.15, -0.1) is 0 Å². The molecule has 0 atom stereocenters. The molecule has 2 aliphatic heterocycles. The van der Waals surface area contributed by atoms with Gasteiger partial charge in [0.05, 0.1) is 5.41 Å². The Morgan fingerprint density at radius 2 is 1.59 bits per heavy atom. The first-order chi connectivity index (χ1) is 18.8. The van der Waals surface area contributed by atoms with Crippen LogP contribution in [-0.4, -0.2) is 60.5 Å². The molecule has 6 heteroatoms. The standard InChI is InChI=1S/C33H36N2O4/c1-22(2)34-14-16-35(17-15-34)32(37)26-8-6-25(7-9-26)28-18-24(5-4-23(28)3)19-31(36)33(12-13-33)27-10-11-29-30(20-27)39-21-38-29/h4-11,18,20,22H,12-17,19,21H2,1-3H3. The highest BCUT2D eigenvalue weighted by Gasteiger charge is 2.50. The van der Waals surface area contributed by atoms with Crippen LogP contribution in [0.4, 0.5) is 0 Å². The molecule has 0 N–H and O–H groups in total. The van der Waals surface area contributed by atoms with Crippen molar-refractivity contribution in [2.24, 2.45) is 0 Å². The van der Waals surface area contributed by atoms with Gasteiger partial charge >= 0.3 is 0 Å². The van der Waals surface area contributed by atoms with E-state index in [-0.39, 0.29) is 18.5 Å². The molecule has 3 aromatic rings. The number of carbonyl (C=O) groups excluding carboxylic acids is 2. The van der Waals surface area contributed by atoms with Crippen molar-refractivity contribution in [2.45, 2.75) is 51.5 Å². The maximum absolute atomic E-state index is 13.5. The summed E-state index contributed by atoms with van der Waals surface area (Å²) in [6.45, 7) is 10.1. The fourth-order valence-electron chi connectivity index (χ4n) is 5.91. The van der Waals surface area contributed by atoms with E-state index in [1.807, 2.05) is 47.4 Å². The molecule has 6 rings (SSSR count). The number of carbonyl (C=O) groups is 2. The highest BCUT2D eigenvalue weighted by atomic mass is 16.7. The second-order valence-corrected chi connectivity index (χ2v) is 11.4. The number of hydrogen-bond donors (Lipinski definition) is 0. The number of aryl methyl sites for hydroxylation is 1. The van der Waals surface area contributed by atoms with Crippen LogP contribution < -0.4 is 9.47 Å². The number of benzene rings is 3. The number of fused-ring (bicyclic) bond motifs is 1. The lowest BCUT2D eigenvalue weighted by Gasteiger charge is -2.37. The lowest BCUT2D eigenvalue weighted by molar-refractivity contribution is -0.120. The largest absolute Gasteiger partial charge is 0.454 e. The van der Waals surface area contributed by atoms with E-state index in [4.69, 9.17) is 9.47 Å². The van der Waals surface area contributed by atoms with Crippen molar-refractivity contribution >= 4 is 11.7 Å². The van der Waals surface area contributed by atoms with E-state index in [9.17, 15) is 9.59 Å². The average Bonchev–Trinajstić information content (AvgIpc) is 3.64. The molecular weight excluding hydrogens is 488 g/mol. The Labute approximate surface area is 230 Å². The van der Waals surface area contributed by atoms with Crippen LogP contribution >= 0.6 is 0 Å². The number of amides is 1. The van der Waals surface area contributed by atoms with E-state index < -0.39 is 5.41 Å². The summed E-state index contributed by atoms with van der Waals surface area (Å²) in [5.74, 6) is 1.81. The number of nitrogens with zero attached hydrogens (tertiary/aromatic N) is 2. The number of hydrogen-bond acceptors (Lipinski definition) is 5. The van der Waals surface area contributed by atoms with Gasteiger partial charge in [-0.25, -0.2) is 0 Å². The molecule has 3 aromatic carbocycles. The van der Waals surface area contributed by atoms with Gasteiger partial charge in [-0.05, 0) is 85.7 Å². The molecule has 0 aromatic heterocycles. The summed E-state index contributed by atoms with van der Waals surface area (Å²) in [5.41, 5.74) is 5.63. The molecule has 2 heterocycles. The first-order valence-electron chi connectivity index (χ1n) is 14.0. The summed E-state index contributed by atoms with van der Waals surface area (Å²) in [7, 11) is 0. The normalized spacial score (nSPS) is 17.9. The summed E-state index contributed by atoms with van der Waals surface area (Å²) < 4.78 is 11.0. The minimum atomic E-state index is -0.422. The summed E-state index contributed by atoms with van der Waals surface area (Å²) in [6, 6.07) is 20.6. The van der Waals surface area contributed by atoms with Gasteiger partial charge in [0.15, 0.2) is 11.5 Å². The Hall–Kier alpha value is -3.64. The minimum absolute atomic E-state index is 0.0966. The molecule has 0 spiro atoms. The zero-order valence-corrected chi connectivity index (χ0v) is 23.0. The van der Waals surface area contributed by atoms with Crippen molar-refractivity contribution in [3.8, 4) is 22.6 Å². The van der Waals surface area contributed by atoms with Gasteiger partial charge in [-0.2, -0.15) is 0 Å². The van der Waals surface area contributed by atoms with Crippen molar-refractivity contribution in [1.82, 2.24) is 9.80 Å². The fourth-order valence-corrected chi connectivity index (χ4v) is 5.91. The van der Waals surface area contributed by atoms with E-state index in [1.54, 1.807) is 0 Å². The molecule has 0 unspecified atom stereocenters. The van der Waals surface area contributed by atoms with Crippen LogP contribution in [0, 0.1) is 6.92 Å². The van der Waals surface area contributed by atoms with E-state index in [1.165, 1.54) is 0 Å². The van der Waals surface area contributed by atoms with Crippen LogP contribution in [0.5, 0.6) is 11.5 Å². The SMILES string of the molecule is Cc1ccc(CC(=O)C2(c3ccc4c(c3)OCO4)CC2)cc1-c1ccc(C(=O)N2CCN(C(C)C)CC2)cc1. The third-order valence-electron chi connectivity index (χ3n) is 8.65. The van der Waals surface area contributed by atoms with Crippen LogP contribution in [-0.2, 0) is 16.6 Å². The van der Waals surface area contributed by atoms with Crippen molar-refractivity contribution < 1.29 is 19.1 Å². The van der Waals surface area contributed by atoms with Crippen LogP contribution in [0.15, 0.2) is 60.7 Å². The molecule has 2 fully saturated rings. The first kappa shape index (κ1) is 25.6. The van der Waals surface area contributed by atoms with Crippen molar-refractivity contribution in [2.75, 3.05) is 33.0 Å². The molecule has 3 aliphatic rings. The van der Waals surface area contributed by atoms with E-state index >= 15 is 0 Å². The molecule has 1 aliphatic carbocycles. The van der Waals surface area contributed by atoms with E-state index in [2.05, 4.69) is 43.9 Å². The number of rotatable bonds is 7. The summed E-state index contributed by atoms with van der Waals surface area (Å²) >= 11 is 0. The summed E-state index contributed by atoms with van der Waals surface area (Å²) in [4.78, 5) is 31.0. The van der Waals surface area contributed by atoms with Gasteiger partial charge in [-0.3, -0.25) is 14.5 Å². The number of ether oxygens (including phenoxy) is 2. The zero-order valence-electron chi connectivity index (χ0n) is 23.0. The van der Waals surface area contributed by atoms with Crippen LogP contribution in [0.25, 0.3) is 11.1 Å². The van der Waals surface area contributed by atoms with E-state index in [0.29, 0.717) is 12.5 Å². The Morgan fingerprint density at radius 1 is 0.872 bits per heavy atom. The van der Waals surface area contributed by atoms with Crippen LogP contribution in [0.2, 0.25) is 0 Å². The molecule has 1 saturated carbocycles. The summed E-state index contributed by atoms with van der Waals surface area (Å²) in [5, 5.41) is 0. The fraction of sp³-hybridized carbons (Fsp3) is 0.394. The highest BCUT2D eigenvalue weighted by Crippen LogP contribution is 2.51. The lowest BCUT2D eigenvalue weighted by Crippen LogP contribution is -2.50. The predicted octanol–water partition coefficient (Wildman–Crippen LogP) is 5.40. The second-order valence-electron chi connectivity index (χ2n) is 11.4. The third kappa shape index (κ3) is 4.94. The van der Waals surface area contributed by atoms with Crippen LogP contribution in [0.1, 0.15) is 53.7 Å². The third-order valence-corrected chi connectivity index (χ3v) is 8.65. The smallest absolute Gasteiger partial charge is 0.253 e. The highest BCUT2D eigenvalue weighted by molar-refractivity contribution is 5.96. The Morgan fingerprint density at radius 3 is 2.28 bits per heavy atom. The van der Waals surface area contributed by atoms with Gasteiger partial charge in [0.1, 0.15) is 5.78 Å². The van der Waals surface area contributed by atoms with Crippen molar-refractivity contribution in [3.05, 3.63) is 82.9 Å². The molecule has 39 heavy (non-hydrogen) atoms. The number of Topliss-reactive ketones (excluding diaryl/α,β-unsaturated/α-hetero) is 1. The molecule has 0 bridgehead atoms. The van der Waals surface area contributed by atoms with Crippen molar-refractivity contribution in [3.63, 3.8) is 0 Å². The lowest BCUT2D eigenvalue weighted by atomic mass is 9.87. The first-order valence-corrected chi connectivity index (χ1v) is 14.0. The van der Waals surface area contributed by atoms with E-state index in [0.717, 1.165) is 83.9 Å². The predicted molar refractivity (Wildman–Crippen MR) is 151 cm³/mol. The monoisotopic (exact) mass is 524 g/mol. The van der Waals surface area contributed by atoms with Gasteiger partial charge in [-0.1, -0.05) is 36.4 Å². The number of piperazine rings is 1. The average molecular weight is 525 g/mol.